The third-order valence-corrected chi connectivity index (χ3v) is 6.60. The first-order valence-electron chi connectivity index (χ1n) is 10.1. The Hall–Kier alpha value is -1.97. The van der Waals surface area contributed by atoms with E-state index in [1.807, 2.05) is 7.05 Å². The van der Waals surface area contributed by atoms with Crippen molar-refractivity contribution in [3.63, 3.8) is 0 Å². The second-order valence-electron chi connectivity index (χ2n) is 7.90. The highest BCUT2D eigenvalue weighted by atomic mass is 32.1. The lowest BCUT2D eigenvalue weighted by molar-refractivity contribution is -0.862. The second kappa shape index (κ2) is 9.69. The number of methoxy groups -OCH3 is 1. The number of morpholine rings is 1. The van der Waals surface area contributed by atoms with Gasteiger partial charge in [-0.05, 0) is 30.7 Å². The van der Waals surface area contributed by atoms with Crippen LogP contribution in [-0.4, -0.2) is 76.2 Å². The van der Waals surface area contributed by atoms with Crippen molar-refractivity contribution in [1.29, 1.82) is 0 Å². The summed E-state index contributed by atoms with van der Waals surface area (Å²) < 4.78 is 10.2. The molecule has 8 nitrogen and oxygen atoms in total. The maximum Gasteiger partial charge on any atom is 0.341 e. The van der Waals surface area contributed by atoms with E-state index in [2.05, 4.69) is 12.2 Å². The summed E-state index contributed by atoms with van der Waals surface area (Å²) >= 11 is 1.47. The maximum atomic E-state index is 12.6. The summed E-state index contributed by atoms with van der Waals surface area (Å²) in [5, 5.41) is 3.46. The van der Waals surface area contributed by atoms with Crippen LogP contribution in [0.4, 0.5) is 5.00 Å². The molecule has 0 saturated carbocycles. The van der Waals surface area contributed by atoms with E-state index in [4.69, 9.17) is 9.47 Å². The van der Waals surface area contributed by atoms with Crippen LogP contribution in [0.1, 0.15) is 34.1 Å². The van der Waals surface area contributed by atoms with Crippen molar-refractivity contribution in [3.05, 3.63) is 16.0 Å². The molecule has 2 atom stereocenters. The molecule has 29 heavy (non-hydrogen) atoms. The number of carbonyl (C=O) groups is 3. The number of quaternary nitrogens is 1. The van der Waals surface area contributed by atoms with Crippen LogP contribution >= 0.6 is 11.3 Å². The first-order chi connectivity index (χ1) is 13.9. The number of nitrogens with one attached hydrogen (secondary N) is 2. The van der Waals surface area contributed by atoms with Gasteiger partial charge in [0.15, 0.2) is 13.1 Å². The fraction of sp³-hybridized carbons (Fsp3) is 0.650. The van der Waals surface area contributed by atoms with Gasteiger partial charge in [-0.2, -0.15) is 0 Å². The molecule has 2 amide bonds. The number of amides is 2. The van der Waals surface area contributed by atoms with Gasteiger partial charge in [-0.1, -0.05) is 6.92 Å². The number of rotatable bonds is 6. The Morgan fingerprint density at radius 3 is 2.69 bits per heavy atom. The van der Waals surface area contributed by atoms with E-state index in [1.165, 1.54) is 18.4 Å². The second-order valence-corrected chi connectivity index (χ2v) is 9.00. The maximum absolute atomic E-state index is 12.6. The number of anilines is 1. The molecule has 2 aliphatic rings. The number of nitrogens with zero attached hydrogens (tertiary/aromatic N) is 1. The molecule has 1 aromatic rings. The van der Waals surface area contributed by atoms with Gasteiger partial charge in [-0.3, -0.25) is 9.59 Å². The fourth-order valence-corrected chi connectivity index (χ4v) is 5.26. The lowest BCUT2D eigenvalue weighted by Crippen LogP contribution is -3.11. The minimum absolute atomic E-state index is 0.0226. The van der Waals surface area contributed by atoms with Crippen LogP contribution in [0.15, 0.2) is 0 Å². The van der Waals surface area contributed by atoms with Gasteiger partial charge in [-0.25, -0.2) is 4.79 Å². The molecule has 0 spiro atoms. The monoisotopic (exact) mass is 424 g/mol. The summed E-state index contributed by atoms with van der Waals surface area (Å²) in [7, 11) is 3.18. The zero-order valence-electron chi connectivity index (χ0n) is 17.3. The highest BCUT2D eigenvalue weighted by Crippen LogP contribution is 2.39. The van der Waals surface area contributed by atoms with E-state index in [-0.39, 0.29) is 24.9 Å². The molecule has 1 saturated heterocycles. The molecule has 1 unspecified atom stereocenters. The van der Waals surface area contributed by atoms with Crippen LogP contribution in [0.25, 0.3) is 0 Å². The Kier molecular flexibility index (Phi) is 7.26. The van der Waals surface area contributed by atoms with E-state index in [1.54, 1.807) is 4.90 Å². The molecule has 0 aromatic carbocycles. The van der Waals surface area contributed by atoms with Crippen molar-refractivity contribution >= 4 is 34.1 Å². The number of hydrogen-bond donors (Lipinski definition) is 2. The molecular formula is C20H30N3O5S+. The summed E-state index contributed by atoms with van der Waals surface area (Å²) in [6.45, 7) is 4.90. The summed E-state index contributed by atoms with van der Waals surface area (Å²) in [6, 6.07) is 0. The van der Waals surface area contributed by atoms with Crippen molar-refractivity contribution in [1.82, 2.24) is 4.90 Å². The number of hydrogen-bond acceptors (Lipinski definition) is 6. The molecule has 1 aliphatic carbocycles. The third kappa shape index (κ3) is 5.34. The number of likely N-dealkylation sites (N-methyl/N-ethyl adjacent to an activating group) is 1. The predicted octanol–water partition coefficient (Wildman–Crippen LogP) is -0.0285. The highest BCUT2D eigenvalue weighted by molar-refractivity contribution is 7.17. The van der Waals surface area contributed by atoms with Gasteiger partial charge >= 0.3 is 5.97 Å². The smallest absolute Gasteiger partial charge is 0.341 e. The minimum atomic E-state index is -0.407. The topological polar surface area (TPSA) is 89.4 Å². The first-order valence-corrected chi connectivity index (χ1v) is 10.9. The molecule has 2 N–H and O–H groups in total. The van der Waals surface area contributed by atoms with Gasteiger partial charge < -0.3 is 24.6 Å². The largest absolute Gasteiger partial charge is 0.465 e. The standard InChI is InChI=1S/C20H29N3O5S/c1-13-4-5-14-15(10-13)29-19(18(14)20(26)27-3)21-16(24)11-22(2)12-17(25)23-6-8-28-9-7-23/h13H,4-12H2,1-3H3,(H,21,24)/p+1/t13-/m0/s1. The molecule has 160 valence electrons. The molecule has 0 radical (unpaired) electrons. The Balaban J connectivity index is 1.62. The Morgan fingerprint density at radius 2 is 2.00 bits per heavy atom. The van der Waals surface area contributed by atoms with E-state index in [0.29, 0.717) is 42.8 Å². The lowest BCUT2D eigenvalue weighted by Gasteiger charge is -2.27. The fourth-order valence-electron chi connectivity index (χ4n) is 3.85. The highest BCUT2D eigenvalue weighted by Gasteiger charge is 2.29. The molecule has 0 bridgehead atoms. The molecule has 9 heteroatoms. The van der Waals surface area contributed by atoms with Crippen LogP contribution in [-0.2, 0) is 31.9 Å². The average molecular weight is 425 g/mol. The van der Waals surface area contributed by atoms with Crippen molar-refractivity contribution in [2.75, 3.05) is 58.9 Å². The van der Waals surface area contributed by atoms with E-state index in [0.717, 1.165) is 34.6 Å². The third-order valence-electron chi connectivity index (χ3n) is 5.43. The van der Waals surface area contributed by atoms with Crippen LogP contribution in [0, 0.1) is 5.92 Å². The molecule has 2 heterocycles. The van der Waals surface area contributed by atoms with E-state index in [9.17, 15) is 14.4 Å². The summed E-state index contributed by atoms with van der Waals surface area (Å²) in [5.41, 5.74) is 1.51. The summed E-state index contributed by atoms with van der Waals surface area (Å²) in [6.07, 6.45) is 2.77. The van der Waals surface area contributed by atoms with Crippen LogP contribution in [0.2, 0.25) is 0 Å². The van der Waals surface area contributed by atoms with E-state index < -0.39 is 5.97 Å². The number of esters is 1. The predicted molar refractivity (Wildman–Crippen MR) is 109 cm³/mol. The Bertz CT molecular complexity index is 772. The zero-order valence-corrected chi connectivity index (χ0v) is 18.2. The van der Waals surface area contributed by atoms with Crippen LogP contribution in [0.5, 0.6) is 0 Å². The molecule has 1 aliphatic heterocycles. The average Bonchev–Trinajstić information content (AvgIpc) is 3.04. The number of ether oxygens (including phenoxy) is 2. The molecule has 1 aromatic heterocycles. The minimum Gasteiger partial charge on any atom is -0.465 e. The van der Waals surface area contributed by atoms with Gasteiger partial charge in [0.25, 0.3) is 11.8 Å². The van der Waals surface area contributed by atoms with E-state index >= 15 is 0 Å². The number of carbonyl (C=O) groups excluding carboxylic acids is 3. The van der Waals surface area contributed by atoms with Crippen molar-refractivity contribution < 1.29 is 28.8 Å². The summed E-state index contributed by atoms with van der Waals surface area (Å²) in [5.74, 6) is -0.0315. The van der Waals surface area contributed by atoms with Gasteiger partial charge in [-0.15, -0.1) is 11.3 Å². The normalized spacial score (nSPS) is 20.0. The van der Waals surface area contributed by atoms with Crippen molar-refractivity contribution in [2.24, 2.45) is 5.92 Å². The number of fused-ring (bicyclic) bond motifs is 1. The molecule has 3 rings (SSSR count). The lowest BCUT2D eigenvalue weighted by atomic mass is 9.88. The SMILES string of the molecule is COC(=O)c1c(NC(=O)C[NH+](C)CC(=O)N2CCOCC2)sc2c1CC[C@H](C)C2. The first kappa shape index (κ1) is 21.7. The van der Waals surface area contributed by atoms with Gasteiger partial charge in [0.2, 0.25) is 0 Å². The van der Waals surface area contributed by atoms with Crippen LogP contribution in [0.3, 0.4) is 0 Å². The van der Waals surface area contributed by atoms with Crippen molar-refractivity contribution in [3.8, 4) is 0 Å². The quantitative estimate of drug-likeness (QED) is 0.626. The van der Waals surface area contributed by atoms with Gasteiger partial charge in [0.05, 0.1) is 32.9 Å². The zero-order chi connectivity index (χ0) is 21.0. The molecule has 1 fully saturated rings. The van der Waals surface area contributed by atoms with Crippen molar-refractivity contribution in [2.45, 2.75) is 26.2 Å². The Morgan fingerprint density at radius 1 is 1.28 bits per heavy atom. The molecular weight excluding hydrogens is 394 g/mol. The summed E-state index contributed by atoms with van der Waals surface area (Å²) in [4.78, 5) is 41.0. The van der Waals surface area contributed by atoms with Crippen LogP contribution < -0.4 is 10.2 Å². The Labute approximate surface area is 175 Å². The van der Waals surface area contributed by atoms with Gasteiger partial charge in [0.1, 0.15) is 5.00 Å². The van der Waals surface area contributed by atoms with Gasteiger partial charge in [0, 0.05) is 18.0 Å². The number of thiophene rings is 1.